The van der Waals surface area contributed by atoms with Gasteiger partial charge in [-0.3, -0.25) is 0 Å². The molecule has 1 aliphatic heterocycles. The lowest BCUT2D eigenvalue weighted by Crippen LogP contribution is -2.16. The summed E-state index contributed by atoms with van der Waals surface area (Å²) in [5, 5.41) is 1.02. The molecule has 0 radical (unpaired) electrons. The Hall–Kier alpha value is -1.78. The second kappa shape index (κ2) is 5.92. The van der Waals surface area contributed by atoms with Crippen molar-refractivity contribution in [1.82, 2.24) is 0 Å². The summed E-state index contributed by atoms with van der Waals surface area (Å²) in [7, 11) is 0. The number of ether oxygens (including phenoxy) is 3. The van der Waals surface area contributed by atoms with Gasteiger partial charge in [0.15, 0.2) is 11.5 Å². The van der Waals surface area contributed by atoms with E-state index in [4.69, 9.17) is 43.1 Å². The van der Waals surface area contributed by atoms with Crippen LogP contribution in [0.15, 0.2) is 30.3 Å². The lowest BCUT2D eigenvalue weighted by molar-refractivity contribution is 0.171. The predicted octanol–water partition coefficient (Wildman–Crippen LogP) is 3.93. The molecular formula is C15H13Cl2NO3. The van der Waals surface area contributed by atoms with Crippen LogP contribution in [0.2, 0.25) is 10.0 Å². The molecule has 110 valence electrons. The topological polar surface area (TPSA) is 53.7 Å². The predicted molar refractivity (Wildman–Crippen MR) is 82.6 cm³/mol. The Morgan fingerprint density at radius 3 is 2.48 bits per heavy atom. The van der Waals surface area contributed by atoms with E-state index in [2.05, 4.69) is 0 Å². The van der Waals surface area contributed by atoms with Crippen LogP contribution in [0.25, 0.3) is 0 Å². The first-order chi connectivity index (χ1) is 10.1. The Balaban J connectivity index is 1.78. The second-order valence-corrected chi connectivity index (χ2v) is 5.40. The van der Waals surface area contributed by atoms with Crippen LogP contribution in [0.5, 0.6) is 17.2 Å². The van der Waals surface area contributed by atoms with Crippen LogP contribution < -0.4 is 19.9 Å². The van der Waals surface area contributed by atoms with E-state index in [0.717, 1.165) is 5.56 Å². The number of fused-ring (bicyclic) bond motifs is 1. The third-order valence-corrected chi connectivity index (χ3v) is 3.61. The number of anilines is 1. The molecule has 0 aliphatic carbocycles. The van der Waals surface area contributed by atoms with Gasteiger partial charge in [-0.05, 0) is 24.3 Å². The maximum atomic E-state index is 6.07. The SMILES string of the molecule is Nc1cc2c(cc1COc1ccc(Cl)cc1Cl)OCCO2. The number of rotatable bonds is 3. The highest BCUT2D eigenvalue weighted by molar-refractivity contribution is 6.35. The van der Waals surface area contributed by atoms with Gasteiger partial charge in [-0.2, -0.15) is 0 Å². The van der Waals surface area contributed by atoms with Gasteiger partial charge in [0.2, 0.25) is 0 Å². The van der Waals surface area contributed by atoms with Crippen molar-refractivity contribution in [2.24, 2.45) is 0 Å². The van der Waals surface area contributed by atoms with Crippen LogP contribution in [-0.2, 0) is 6.61 Å². The molecule has 21 heavy (non-hydrogen) atoms. The van der Waals surface area contributed by atoms with Crippen molar-refractivity contribution in [2.75, 3.05) is 18.9 Å². The number of halogens is 2. The smallest absolute Gasteiger partial charge is 0.163 e. The summed E-state index contributed by atoms with van der Waals surface area (Å²) < 4.78 is 16.7. The minimum Gasteiger partial charge on any atom is -0.487 e. The molecule has 0 unspecified atom stereocenters. The van der Waals surface area contributed by atoms with Crippen LogP contribution in [0.4, 0.5) is 5.69 Å². The van der Waals surface area contributed by atoms with Crippen LogP contribution in [0.3, 0.4) is 0 Å². The second-order valence-electron chi connectivity index (χ2n) is 4.56. The van der Waals surface area contributed by atoms with Gasteiger partial charge in [0.05, 0.1) is 5.02 Å². The molecule has 3 rings (SSSR count). The monoisotopic (exact) mass is 325 g/mol. The van der Waals surface area contributed by atoms with Crippen LogP contribution in [0, 0.1) is 0 Å². The Labute approximate surface area is 132 Å². The Morgan fingerprint density at radius 1 is 1.05 bits per heavy atom. The molecule has 0 aromatic heterocycles. The highest BCUT2D eigenvalue weighted by atomic mass is 35.5. The van der Waals surface area contributed by atoms with Gasteiger partial charge >= 0.3 is 0 Å². The first kappa shape index (κ1) is 14.2. The molecule has 4 nitrogen and oxygen atoms in total. The molecule has 0 bridgehead atoms. The van der Waals surface area contributed by atoms with Gasteiger partial charge in [-0.15, -0.1) is 0 Å². The van der Waals surface area contributed by atoms with E-state index in [0.29, 0.717) is 46.2 Å². The van der Waals surface area contributed by atoms with Crippen molar-refractivity contribution in [3.63, 3.8) is 0 Å². The van der Waals surface area contributed by atoms with Crippen molar-refractivity contribution < 1.29 is 14.2 Å². The number of benzene rings is 2. The zero-order valence-corrected chi connectivity index (χ0v) is 12.6. The average Bonchev–Trinajstić information content (AvgIpc) is 2.46. The standard InChI is InChI=1S/C15H13Cl2NO3/c16-10-1-2-13(11(17)6-10)21-8-9-5-14-15(7-12(9)18)20-4-3-19-14/h1-2,5-7H,3-4,8,18H2. The minimum atomic E-state index is 0.282. The number of nitrogens with two attached hydrogens (primary N) is 1. The largest absolute Gasteiger partial charge is 0.487 e. The first-order valence-corrected chi connectivity index (χ1v) is 7.15. The third kappa shape index (κ3) is 3.12. The molecule has 2 aromatic carbocycles. The Kier molecular flexibility index (Phi) is 3.99. The maximum Gasteiger partial charge on any atom is 0.163 e. The van der Waals surface area contributed by atoms with Gasteiger partial charge in [0.1, 0.15) is 25.6 Å². The van der Waals surface area contributed by atoms with E-state index in [1.54, 1.807) is 24.3 Å². The van der Waals surface area contributed by atoms with Crippen molar-refractivity contribution >= 4 is 28.9 Å². The van der Waals surface area contributed by atoms with Gasteiger partial charge < -0.3 is 19.9 Å². The molecule has 2 aromatic rings. The summed E-state index contributed by atoms with van der Waals surface area (Å²) in [5.74, 6) is 1.89. The Morgan fingerprint density at radius 2 is 1.76 bits per heavy atom. The zero-order valence-electron chi connectivity index (χ0n) is 11.1. The summed E-state index contributed by atoms with van der Waals surface area (Å²) in [6.45, 7) is 1.34. The van der Waals surface area contributed by atoms with E-state index >= 15 is 0 Å². The summed E-state index contributed by atoms with van der Waals surface area (Å²) in [6, 6.07) is 8.64. The van der Waals surface area contributed by atoms with Crippen molar-refractivity contribution in [3.8, 4) is 17.2 Å². The number of nitrogen functional groups attached to an aromatic ring is 1. The molecule has 0 amide bonds. The molecule has 0 fully saturated rings. The van der Waals surface area contributed by atoms with Crippen molar-refractivity contribution in [1.29, 1.82) is 0 Å². The van der Waals surface area contributed by atoms with E-state index in [-0.39, 0.29) is 6.61 Å². The first-order valence-electron chi connectivity index (χ1n) is 6.39. The van der Waals surface area contributed by atoms with Gasteiger partial charge in [0, 0.05) is 22.3 Å². The van der Waals surface area contributed by atoms with E-state index in [1.165, 1.54) is 0 Å². The summed E-state index contributed by atoms with van der Waals surface area (Å²) in [6.07, 6.45) is 0. The van der Waals surface area contributed by atoms with Gasteiger partial charge in [-0.25, -0.2) is 0 Å². The molecular weight excluding hydrogens is 313 g/mol. The number of hydrogen-bond acceptors (Lipinski definition) is 4. The van der Waals surface area contributed by atoms with E-state index < -0.39 is 0 Å². The summed E-state index contributed by atoms with van der Waals surface area (Å²) in [4.78, 5) is 0. The van der Waals surface area contributed by atoms with E-state index in [9.17, 15) is 0 Å². The van der Waals surface area contributed by atoms with Crippen molar-refractivity contribution in [3.05, 3.63) is 45.9 Å². The summed E-state index contributed by atoms with van der Waals surface area (Å²) >= 11 is 11.9. The Bertz CT molecular complexity index is 676. The highest BCUT2D eigenvalue weighted by Crippen LogP contribution is 2.35. The molecule has 1 aliphatic rings. The fourth-order valence-electron chi connectivity index (χ4n) is 2.02. The molecule has 6 heteroatoms. The lowest BCUT2D eigenvalue weighted by atomic mass is 10.1. The van der Waals surface area contributed by atoms with Crippen LogP contribution >= 0.6 is 23.2 Å². The molecule has 1 heterocycles. The highest BCUT2D eigenvalue weighted by Gasteiger charge is 2.15. The maximum absolute atomic E-state index is 6.07. The molecule has 2 N–H and O–H groups in total. The van der Waals surface area contributed by atoms with Gasteiger partial charge in [-0.1, -0.05) is 23.2 Å². The molecule has 0 saturated carbocycles. The van der Waals surface area contributed by atoms with Crippen molar-refractivity contribution in [2.45, 2.75) is 6.61 Å². The molecule has 0 spiro atoms. The molecule has 0 atom stereocenters. The average molecular weight is 326 g/mol. The fraction of sp³-hybridized carbons (Fsp3) is 0.200. The minimum absolute atomic E-state index is 0.282. The lowest BCUT2D eigenvalue weighted by Gasteiger charge is -2.20. The summed E-state index contributed by atoms with van der Waals surface area (Å²) in [5.41, 5.74) is 7.40. The fourth-order valence-corrected chi connectivity index (χ4v) is 2.48. The zero-order chi connectivity index (χ0) is 14.8. The third-order valence-electron chi connectivity index (χ3n) is 3.08. The quantitative estimate of drug-likeness (QED) is 0.869. The van der Waals surface area contributed by atoms with Crippen LogP contribution in [-0.4, -0.2) is 13.2 Å². The van der Waals surface area contributed by atoms with Gasteiger partial charge in [0.25, 0.3) is 0 Å². The normalized spacial score (nSPS) is 13.0. The van der Waals surface area contributed by atoms with Crippen LogP contribution in [0.1, 0.15) is 5.56 Å². The molecule has 0 saturated heterocycles. The van der Waals surface area contributed by atoms with E-state index in [1.807, 2.05) is 6.07 Å². The number of hydrogen-bond donors (Lipinski definition) is 1.